The largest absolute Gasteiger partial charge is 0.478 e. The summed E-state index contributed by atoms with van der Waals surface area (Å²) in [6.07, 6.45) is 1.73. The Morgan fingerprint density at radius 1 is 1.05 bits per heavy atom. The summed E-state index contributed by atoms with van der Waals surface area (Å²) >= 11 is 0. The first-order valence-electron chi connectivity index (χ1n) is 6.40. The van der Waals surface area contributed by atoms with E-state index in [0.717, 1.165) is 5.39 Å². The molecule has 112 valence electrons. The number of sulfonamides is 1. The number of hydrogen-bond donors (Lipinski definition) is 3. The Bertz CT molecular complexity index is 943. The smallest absolute Gasteiger partial charge is 0.335 e. The average molecular weight is 316 g/mol. The monoisotopic (exact) mass is 316 g/mol. The number of anilines is 1. The van der Waals surface area contributed by atoms with Crippen LogP contribution in [0.5, 0.6) is 0 Å². The number of carboxylic acid groups (broad SMARTS) is 1. The van der Waals surface area contributed by atoms with Gasteiger partial charge in [-0.25, -0.2) is 13.2 Å². The number of aromatic amines is 1. The number of hydrogen-bond acceptors (Lipinski definition) is 3. The van der Waals surface area contributed by atoms with Crippen molar-refractivity contribution >= 4 is 32.6 Å². The molecule has 0 aliphatic carbocycles. The fraction of sp³-hybridized carbons (Fsp3) is 0. The van der Waals surface area contributed by atoms with E-state index >= 15 is 0 Å². The third kappa shape index (κ3) is 2.53. The molecule has 0 saturated carbocycles. The van der Waals surface area contributed by atoms with Gasteiger partial charge in [0.15, 0.2) is 0 Å². The Labute approximate surface area is 126 Å². The van der Waals surface area contributed by atoms with Gasteiger partial charge in [-0.05, 0) is 36.4 Å². The van der Waals surface area contributed by atoms with Gasteiger partial charge >= 0.3 is 5.97 Å². The van der Waals surface area contributed by atoms with Crippen LogP contribution in [0.15, 0.2) is 59.6 Å². The predicted molar refractivity (Wildman–Crippen MR) is 82.5 cm³/mol. The van der Waals surface area contributed by atoms with Gasteiger partial charge in [-0.2, -0.15) is 0 Å². The van der Waals surface area contributed by atoms with E-state index < -0.39 is 16.0 Å². The molecule has 0 spiro atoms. The van der Waals surface area contributed by atoms with Crippen LogP contribution in [0.3, 0.4) is 0 Å². The summed E-state index contributed by atoms with van der Waals surface area (Å²) in [5.41, 5.74) is 1.16. The van der Waals surface area contributed by atoms with Crippen molar-refractivity contribution < 1.29 is 18.3 Å². The molecule has 3 rings (SSSR count). The van der Waals surface area contributed by atoms with Crippen LogP contribution in [0, 0.1) is 0 Å². The lowest BCUT2D eigenvalue weighted by molar-refractivity contribution is 0.0696. The molecule has 7 heteroatoms. The van der Waals surface area contributed by atoms with Crippen molar-refractivity contribution in [2.24, 2.45) is 0 Å². The Kier molecular flexibility index (Phi) is 3.34. The van der Waals surface area contributed by atoms with Crippen LogP contribution < -0.4 is 4.72 Å². The number of rotatable bonds is 4. The van der Waals surface area contributed by atoms with Crippen molar-refractivity contribution in [2.75, 3.05) is 4.72 Å². The lowest BCUT2D eigenvalue weighted by Gasteiger charge is -2.09. The van der Waals surface area contributed by atoms with Gasteiger partial charge in [0.05, 0.1) is 21.7 Å². The number of aromatic carboxylic acids is 1. The molecule has 0 bridgehead atoms. The molecule has 0 unspecified atom stereocenters. The number of nitrogens with one attached hydrogen (secondary N) is 2. The molecule has 0 aliphatic rings. The minimum atomic E-state index is -3.79. The fourth-order valence-corrected chi connectivity index (χ4v) is 3.22. The normalized spacial score (nSPS) is 11.5. The van der Waals surface area contributed by atoms with E-state index in [1.165, 1.54) is 24.3 Å². The van der Waals surface area contributed by atoms with E-state index in [9.17, 15) is 13.2 Å². The van der Waals surface area contributed by atoms with Crippen LogP contribution in [-0.4, -0.2) is 24.5 Å². The average Bonchev–Trinajstić information content (AvgIpc) is 2.96. The number of aromatic nitrogens is 1. The summed E-state index contributed by atoms with van der Waals surface area (Å²) in [6.45, 7) is 0. The van der Waals surface area contributed by atoms with Gasteiger partial charge < -0.3 is 10.1 Å². The highest BCUT2D eigenvalue weighted by atomic mass is 32.2. The first kappa shape index (κ1) is 14.2. The van der Waals surface area contributed by atoms with E-state index in [0.29, 0.717) is 11.2 Å². The van der Waals surface area contributed by atoms with Crippen LogP contribution in [-0.2, 0) is 10.0 Å². The summed E-state index contributed by atoms with van der Waals surface area (Å²) in [5.74, 6) is -1.10. The molecule has 22 heavy (non-hydrogen) atoms. The molecule has 3 aromatic rings. The maximum absolute atomic E-state index is 12.4. The van der Waals surface area contributed by atoms with Gasteiger partial charge in [0.2, 0.25) is 0 Å². The second kappa shape index (κ2) is 5.19. The number of carboxylic acids is 1. The summed E-state index contributed by atoms with van der Waals surface area (Å²) in [4.78, 5) is 13.8. The number of benzene rings is 2. The van der Waals surface area contributed by atoms with Crippen LogP contribution in [0.1, 0.15) is 10.4 Å². The summed E-state index contributed by atoms with van der Waals surface area (Å²) in [6, 6.07) is 12.2. The number of fused-ring (bicyclic) bond motifs is 1. The van der Waals surface area contributed by atoms with E-state index in [-0.39, 0.29) is 10.5 Å². The van der Waals surface area contributed by atoms with E-state index in [2.05, 4.69) is 9.71 Å². The summed E-state index contributed by atoms with van der Waals surface area (Å²) < 4.78 is 27.3. The molecule has 0 saturated heterocycles. The lowest BCUT2D eigenvalue weighted by Crippen LogP contribution is -2.13. The molecule has 0 radical (unpaired) electrons. The maximum Gasteiger partial charge on any atom is 0.335 e. The number of carbonyl (C=O) groups is 1. The highest BCUT2D eigenvalue weighted by Gasteiger charge is 2.16. The van der Waals surface area contributed by atoms with Gasteiger partial charge in [0.25, 0.3) is 10.0 Å². The van der Waals surface area contributed by atoms with Crippen LogP contribution in [0.4, 0.5) is 5.69 Å². The molecule has 2 aromatic carbocycles. The first-order chi connectivity index (χ1) is 10.5. The standard InChI is InChI=1S/C15H12N2O4S/c18-15(19)11-4-6-12(7-5-11)22(20,21)17-13-3-1-2-10-8-9-16-14(10)13/h1-9,16-17H,(H,18,19). The van der Waals surface area contributed by atoms with Crippen LogP contribution in [0.25, 0.3) is 10.9 Å². The molecule has 1 aromatic heterocycles. The highest BCUT2D eigenvalue weighted by molar-refractivity contribution is 7.92. The highest BCUT2D eigenvalue weighted by Crippen LogP contribution is 2.24. The van der Waals surface area contributed by atoms with Crippen LogP contribution >= 0.6 is 0 Å². The molecule has 1 heterocycles. The topological polar surface area (TPSA) is 99.3 Å². The molecule has 6 nitrogen and oxygen atoms in total. The third-order valence-corrected chi connectivity index (χ3v) is 4.62. The van der Waals surface area contributed by atoms with E-state index in [4.69, 9.17) is 5.11 Å². The second-order valence-electron chi connectivity index (χ2n) is 4.68. The first-order valence-corrected chi connectivity index (χ1v) is 7.88. The molecule has 0 atom stereocenters. The Morgan fingerprint density at radius 3 is 2.45 bits per heavy atom. The zero-order chi connectivity index (χ0) is 15.7. The number of H-pyrrole nitrogens is 1. The molecular weight excluding hydrogens is 304 g/mol. The molecule has 0 fully saturated rings. The summed E-state index contributed by atoms with van der Waals surface area (Å²) in [7, 11) is -3.79. The van der Waals surface area contributed by atoms with Gasteiger partial charge in [-0.3, -0.25) is 4.72 Å². The maximum atomic E-state index is 12.4. The quantitative estimate of drug-likeness (QED) is 0.689. The Morgan fingerprint density at radius 2 is 1.77 bits per heavy atom. The van der Waals surface area contributed by atoms with E-state index in [1.807, 2.05) is 12.1 Å². The third-order valence-electron chi connectivity index (χ3n) is 3.24. The number of para-hydroxylation sites is 1. The Balaban J connectivity index is 1.96. The van der Waals surface area contributed by atoms with Gasteiger partial charge in [-0.1, -0.05) is 12.1 Å². The minimum Gasteiger partial charge on any atom is -0.478 e. The minimum absolute atomic E-state index is 0.000981. The van der Waals surface area contributed by atoms with Crippen molar-refractivity contribution in [3.63, 3.8) is 0 Å². The molecule has 0 amide bonds. The SMILES string of the molecule is O=C(O)c1ccc(S(=O)(=O)Nc2cccc3cc[nH]c23)cc1. The molecule has 0 aliphatic heterocycles. The van der Waals surface area contributed by atoms with Crippen molar-refractivity contribution in [1.29, 1.82) is 0 Å². The molecular formula is C15H12N2O4S. The fourth-order valence-electron chi connectivity index (χ4n) is 2.15. The van der Waals surface area contributed by atoms with Gasteiger partial charge in [0.1, 0.15) is 0 Å². The van der Waals surface area contributed by atoms with Crippen molar-refractivity contribution in [3.05, 3.63) is 60.3 Å². The second-order valence-corrected chi connectivity index (χ2v) is 6.36. The van der Waals surface area contributed by atoms with Crippen molar-refractivity contribution in [3.8, 4) is 0 Å². The van der Waals surface area contributed by atoms with Crippen molar-refractivity contribution in [2.45, 2.75) is 4.90 Å². The van der Waals surface area contributed by atoms with Gasteiger partial charge in [-0.15, -0.1) is 0 Å². The van der Waals surface area contributed by atoms with Gasteiger partial charge in [0, 0.05) is 11.6 Å². The molecule has 3 N–H and O–H groups in total. The lowest BCUT2D eigenvalue weighted by atomic mass is 10.2. The predicted octanol–water partition coefficient (Wildman–Crippen LogP) is 2.67. The van der Waals surface area contributed by atoms with Crippen LogP contribution in [0.2, 0.25) is 0 Å². The zero-order valence-corrected chi connectivity index (χ0v) is 12.1. The zero-order valence-electron chi connectivity index (χ0n) is 11.3. The van der Waals surface area contributed by atoms with E-state index in [1.54, 1.807) is 18.3 Å². The van der Waals surface area contributed by atoms with Crippen molar-refractivity contribution in [1.82, 2.24) is 4.98 Å². The Hall–Kier alpha value is -2.80. The summed E-state index contributed by atoms with van der Waals surface area (Å²) in [5, 5.41) is 9.73.